The van der Waals surface area contributed by atoms with Crippen LogP contribution in [0.1, 0.15) is 98.1 Å². The molecule has 4 amide bonds. The summed E-state index contributed by atoms with van der Waals surface area (Å²) in [6, 6.07) is 17.5. The van der Waals surface area contributed by atoms with Gasteiger partial charge in [-0.3, -0.25) is 28.9 Å². The van der Waals surface area contributed by atoms with Crippen LogP contribution in [-0.2, 0) is 39.9 Å². The van der Waals surface area contributed by atoms with Crippen molar-refractivity contribution in [1.29, 1.82) is 0 Å². The average Bonchev–Trinajstić information content (AvgIpc) is 3.74. The van der Waals surface area contributed by atoms with E-state index in [-0.39, 0.29) is 66.3 Å². The van der Waals surface area contributed by atoms with Crippen molar-refractivity contribution in [3.63, 3.8) is 0 Å². The van der Waals surface area contributed by atoms with E-state index in [1.54, 1.807) is 33.2 Å². The Labute approximate surface area is 377 Å². The first-order valence-corrected chi connectivity index (χ1v) is 22.9. The maximum Gasteiger partial charge on any atom is 0.303 e. The van der Waals surface area contributed by atoms with E-state index < -0.39 is 42.2 Å². The van der Waals surface area contributed by atoms with E-state index in [1.807, 2.05) is 131 Å². The van der Waals surface area contributed by atoms with Gasteiger partial charge in [0.2, 0.25) is 23.6 Å². The van der Waals surface area contributed by atoms with Crippen LogP contribution in [0.2, 0.25) is 0 Å². The molecule has 0 aromatic heterocycles. The third kappa shape index (κ3) is 15.6. The van der Waals surface area contributed by atoms with Crippen molar-refractivity contribution in [2.24, 2.45) is 23.7 Å². The second-order valence-electron chi connectivity index (χ2n) is 18.1. The topological polar surface area (TPSA) is 158 Å². The Kier molecular flexibility index (Phi) is 22.0. The number of carboxylic acids is 1. The molecule has 1 unspecified atom stereocenters. The summed E-state index contributed by atoms with van der Waals surface area (Å²) in [6.07, 6.45) is 5.97. The maximum absolute atomic E-state index is 14.5. The summed E-state index contributed by atoms with van der Waals surface area (Å²) >= 11 is 0. The number of nitrogens with zero attached hydrogens (tertiary/aromatic N) is 3. The fraction of sp³-hybridized carbons (Fsp3) is 0.620. The molecule has 2 aromatic carbocycles. The molecule has 0 radical (unpaired) electrons. The van der Waals surface area contributed by atoms with E-state index in [4.69, 9.17) is 14.6 Å². The van der Waals surface area contributed by atoms with Gasteiger partial charge in [-0.05, 0) is 68.2 Å². The molecule has 0 bridgehead atoms. The number of likely N-dealkylation sites (tertiary alicyclic amines) is 1. The quantitative estimate of drug-likeness (QED) is 0.0986. The van der Waals surface area contributed by atoms with Crippen LogP contribution in [0.4, 0.5) is 0 Å². The van der Waals surface area contributed by atoms with Crippen LogP contribution >= 0.6 is 0 Å². The molecule has 13 heteroatoms. The molecule has 1 saturated heterocycles. The highest BCUT2D eigenvalue weighted by Crippen LogP contribution is 2.30. The Morgan fingerprint density at radius 3 is 2.06 bits per heavy atom. The fourth-order valence-corrected chi connectivity index (χ4v) is 9.05. The van der Waals surface area contributed by atoms with E-state index in [1.165, 1.54) is 0 Å². The van der Waals surface area contributed by atoms with Crippen molar-refractivity contribution in [2.45, 2.75) is 136 Å². The molecule has 1 fully saturated rings. The van der Waals surface area contributed by atoms with Gasteiger partial charge in [0.05, 0.1) is 48.7 Å². The first-order chi connectivity index (χ1) is 29.9. The molecule has 0 saturated carbocycles. The SMILES string of the molecule is CC[C@H](C)[C@@H]([C@@H](CC(=O)N1CCC[C@H]1[C@H](OC)[C@@H](C)C(=O)N[C@H](/C=C/c1ccccc1)Cc1ccccc1)OC)N(C)C(=O)C(NC(=O)[C@H](C(C)C)N(C)CCCC(=O)O)C(C)C. The molecule has 0 aliphatic carbocycles. The van der Waals surface area contributed by atoms with Crippen molar-refractivity contribution in [1.82, 2.24) is 25.3 Å². The third-order valence-corrected chi connectivity index (χ3v) is 12.7. The molecule has 63 heavy (non-hydrogen) atoms. The normalized spacial score (nSPS) is 18.1. The smallest absolute Gasteiger partial charge is 0.303 e. The van der Waals surface area contributed by atoms with Crippen LogP contribution < -0.4 is 10.6 Å². The second-order valence-corrected chi connectivity index (χ2v) is 18.1. The summed E-state index contributed by atoms with van der Waals surface area (Å²) in [7, 11) is 6.67. The molecular weight excluding hydrogens is 799 g/mol. The fourth-order valence-electron chi connectivity index (χ4n) is 9.05. The van der Waals surface area contributed by atoms with Gasteiger partial charge in [0.1, 0.15) is 6.04 Å². The van der Waals surface area contributed by atoms with E-state index in [0.29, 0.717) is 38.8 Å². The number of nitrogens with one attached hydrogen (secondary N) is 2. The monoisotopic (exact) mass is 876 g/mol. The minimum Gasteiger partial charge on any atom is -0.481 e. The summed E-state index contributed by atoms with van der Waals surface area (Å²) in [5, 5.41) is 15.4. The number of hydrogen-bond donors (Lipinski definition) is 3. The van der Waals surface area contributed by atoms with Gasteiger partial charge in [0.25, 0.3) is 0 Å². The van der Waals surface area contributed by atoms with E-state index in [2.05, 4.69) is 10.6 Å². The number of hydrogen-bond acceptors (Lipinski definition) is 8. The van der Waals surface area contributed by atoms with Crippen molar-refractivity contribution in [3.05, 3.63) is 77.9 Å². The number of benzene rings is 2. The van der Waals surface area contributed by atoms with Crippen LogP contribution in [0.5, 0.6) is 0 Å². The van der Waals surface area contributed by atoms with Crippen LogP contribution in [0, 0.1) is 23.7 Å². The Hall–Kier alpha value is -4.59. The number of carbonyl (C=O) groups excluding carboxylic acids is 4. The number of ether oxygens (including phenoxy) is 2. The molecule has 3 N–H and O–H groups in total. The Morgan fingerprint density at radius 2 is 1.51 bits per heavy atom. The first-order valence-electron chi connectivity index (χ1n) is 22.9. The Morgan fingerprint density at radius 1 is 0.873 bits per heavy atom. The van der Waals surface area contributed by atoms with Crippen molar-refractivity contribution in [3.8, 4) is 0 Å². The number of carboxylic acid groups (broad SMARTS) is 1. The van der Waals surface area contributed by atoms with Gasteiger partial charge in [-0.15, -0.1) is 0 Å². The second kappa shape index (κ2) is 26.3. The lowest BCUT2D eigenvalue weighted by Gasteiger charge is -2.41. The van der Waals surface area contributed by atoms with E-state index in [0.717, 1.165) is 17.5 Å². The van der Waals surface area contributed by atoms with Gasteiger partial charge < -0.3 is 35.0 Å². The summed E-state index contributed by atoms with van der Waals surface area (Å²) in [5.74, 6) is -2.76. The highest BCUT2D eigenvalue weighted by atomic mass is 16.5. The maximum atomic E-state index is 14.5. The standard InChI is InChI=1S/C50H77N5O8/c1-12-35(6)46(54(9)50(61)44(33(2)3)52-49(60)45(34(4)5)53(8)29-20-26-43(57)58)41(62-10)32-42(56)55-30-19-25-40(55)47(63-11)36(7)48(59)51-39(31-38-23-17-14-18-24-38)28-27-37-21-15-13-16-22-37/h13-18,21-24,27-28,33-36,39-41,44-47H,12,19-20,25-26,29-32H2,1-11H3,(H,51,59)(H,52,60)(H,57,58)/b28-27+/t35-,36+,39+,40-,41+,44?,45-,46-,47+/m0/s1. The van der Waals surface area contributed by atoms with Crippen molar-refractivity contribution >= 4 is 35.7 Å². The number of amides is 4. The molecular formula is C50H77N5O8. The molecule has 350 valence electrons. The van der Waals surface area contributed by atoms with Gasteiger partial charge in [-0.25, -0.2) is 0 Å². The zero-order chi connectivity index (χ0) is 46.8. The number of methoxy groups -OCH3 is 2. The van der Waals surface area contributed by atoms with Gasteiger partial charge in [0.15, 0.2) is 0 Å². The van der Waals surface area contributed by atoms with Crippen LogP contribution in [0.3, 0.4) is 0 Å². The minimum atomic E-state index is -0.889. The number of likely N-dealkylation sites (N-methyl/N-ethyl adjacent to an activating group) is 2. The number of aliphatic carboxylic acids is 1. The molecule has 1 heterocycles. The Bertz CT molecular complexity index is 1760. The predicted octanol–water partition coefficient (Wildman–Crippen LogP) is 6.31. The highest BCUT2D eigenvalue weighted by molar-refractivity contribution is 5.90. The largest absolute Gasteiger partial charge is 0.481 e. The predicted molar refractivity (Wildman–Crippen MR) is 249 cm³/mol. The van der Waals surface area contributed by atoms with Gasteiger partial charge >= 0.3 is 5.97 Å². The molecule has 1 aliphatic heterocycles. The lowest BCUT2D eigenvalue weighted by molar-refractivity contribution is -0.148. The van der Waals surface area contributed by atoms with Crippen molar-refractivity contribution in [2.75, 3.05) is 41.4 Å². The van der Waals surface area contributed by atoms with Crippen LogP contribution in [0.25, 0.3) is 6.08 Å². The van der Waals surface area contributed by atoms with E-state index in [9.17, 15) is 24.0 Å². The molecule has 0 spiro atoms. The van der Waals surface area contributed by atoms with Gasteiger partial charge in [-0.2, -0.15) is 0 Å². The van der Waals surface area contributed by atoms with Crippen LogP contribution in [-0.4, -0.2) is 133 Å². The lowest BCUT2D eigenvalue weighted by atomic mass is 9.89. The highest BCUT2D eigenvalue weighted by Gasteiger charge is 2.43. The van der Waals surface area contributed by atoms with Crippen molar-refractivity contribution < 1.29 is 38.6 Å². The van der Waals surface area contributed by atoms with E-state index >= 15 is 0 Å². The third-order valence-electron chi connectivity index (χ3n) is 12.7. The molecule has 2 aromatic rings. The lowest BCUT2D eigenvalue weighted by Crippen LogP contribution is -2.60. The van der Waals surface area contributed by atoms with Crippen LogP contribution in [0.15, 0.2) is 66.7 Å². The molecule has 1 aliphatic rings. The molecule has 9 atom stereocenters. The summed E-state index contributed by atoms with van der Waals surface area (Å²) < 4.78 is 12.2. The molecule has 13 nitrogen and oxygen atoms in total. The summed E-state index contributed by atoms with van der Waals surface area (Å²) in [4.78, 5) is 73.3. The summed E-state index contributed by atoms with van der Waals surface area (Å²) in [6.45, 7) is 14.5. The number of rotatable bonds is 26. The first kappa shape index (κ1) is 52.8. The molecule has 3 rings (SSSR count). The average molecular weight is 876 g/mol. The van der Waals surface area contributed by atoms with Gasteiger partial charge in [-0.1, -0.05) is 128 Å². The zero-order valence-electron chi connectivity index (χ0n) is 39.8. The minimum absolute atomic E-state index is 0.000372. The van der Waals surface area contributed by atoms with Gasteiger partial charge in [0, 0.05) is 34.2 Å². The summed E-state index contributed by atoms with van der Waals surface area (Å²) in [5.41, 5.74) is 2.13. The number of carbonyl (C=O) groups is 5. The Balaban J connectivity index is 1.79. The zero-order valence-corrected chi connectivity index (χ0v) is 39.8.